The molecular weight excluding hydrogens is 250 g/mol. The zero-order valence-corrected chi connectivity index (χ0v) is 11.6. The summed E-state index contributed by atoms with van der Waals surface area (Å²) in [5.74, 6) is 1.32. The third-order valence-corrected chi connectivity index (χ3v) is 3.39. The number of aryl methyl sites for hydroxylation is 1. The molecule has 0 radical (unpaired) electrons. The van der Waals surface area contributed by atoms with Gasteiger partial charge in [-0.3, -0.25) is 4.79 Å². The average Bonchev–Trinajstić information content (AvgIpc) is 2.58. The van der Waals surface area contributed by atoms with Gasteiger partial charge in [0.25, 0.3) is 0 Å². The molecule has 1 amide bonds. The van der Waals surface area contributed by atoms with E-state index in [9.17, 15) is 4.79 Å². The number of halogens is 1. The Labute approximate surface area is 112 Å². The molecule has 4 nitrogen and oxygen atoms in total. The molecule has 1 aromatic heterocycles. The second-order valence-electron chi connectivity index (χ2n) is 4.88. The van der Waals surface area contributed by atoms with Crippen LogP contribution in [0.3, 0.4) is 0 Å². The molecule has 0 aromatic carbocycles. The zero-order valence-electron chi connectivity index (χ0n) is 10.8. The number of hydrogen-bond acceptors (Lipinski definition) is 3. The minimum atomic E-state index is 0.203. The summed E-state index contributed by atoms with van der Waals surface area (Å²) >= 11 is 5.90. The van der Waals surface area contributed by atoms with Crippen LogP contribution in [0.1, 0.15) is 37.7 Å². The molecule has 0 saturated carbocycles. The Bertz CT molecular complexity index is 430. The lowest BCUT2D eigenvalue weighted by molar-refractivity contribution is -0.128. The minimum absolute atomic E-state index is 0.203. The summed E-state index contributed by atoms with van der Waals surface area (Å²) in [6, 6.07) is 1.72. The van der Waals surface area contributed by atoms with Crippen molar-refractivity contribution in [3.63, 3.8) is 0 Å². The van der Waals surface area contributed by atoms with Crippen molar-refractivity contribution in [3.05, 3.63) is 22.7 Å². The third-order valence-electron chi connectivity index (χ3n) is 3.19. The maximum atomic E-state index is 11.9. The van der Waals surface area contributed by atoms with Gasteiger partial charge in [0.2, 0.25) is 5.91 Å². The van der Waals surface area contributed by atoms with Gasteiger partial charge >= 0.3 is 0 Å². The van der Waals surface area contributed by atoms with E-state index in [0.717, 1.165) is 25.1 Å². The molecule has 0 aliphatic carbocycles. The Morgan fingerprint density at radius 1 is 1.50 bits per heavy atom. The van der Waals surface area contributed by atoms with Gasteiger partial charge in [0.15, 0.2) is 0 Å². The maximum Gasteiger partial charge on any atom is 0.223 e. The van der Waals surface area contributed by atoms with Crippen LogP contribution in [-0.2, 0) is 11.3 Å². The number of likely N-dealkylation sites (tertiary alicyclic amines) is 1. The largest absolute Gasteiger partial charge is 0.335 e. The van der Waals surface area contributed by atoms with Gasteiger partial charge in [-0.15, -0.1) is 0 Å². The van der Waals surface area contributed by atoms with E-state index in [1.807, 2.05) is 11.8 Å². The van der Waals surface area contributed by atoms with Gasteiger partial charge in [-0.2, -0.15) is 0 Å². The Hall–Kier alpha value is -1.16. The van der Waals surface area contributed by atoms with Crippen molar-refractivity contribution in [1.82, 2.24) is 14.9 Å². The van der Waals surface area contributed by atoms with Crippen LogP contribution >= 0.6 is 11.6 Å². The monoisotopic (exact) mass is 267 g/mol. The van der Waals surface area contributed by atoms with Crippen LogP contribution < -0.4 is 0 Å². The van der Waals surface area contributed by atoms with E-state index in [1.165, 1.54) is 0 Å². The molecule has 18 heavy (non-hydrogen) atoms. The molecule has 1 aromatic rings. The molecular formula is C13H18ClN3O. The van der Waals surface area contributed by atoms with E-state index in [4.69, 9.17) is 11.6 Å². The smallest absolute Gasteiger partial charge is 0.223 e. The fraction of sp³-hybridized carbons (Fsp3) is 0.615. The van der Waals surface area contributed by atoms with E-state index in [1.54, 1.807) is 6.07 Å². The Balaban J connectivity index is 2.03. The van der Waals surface area contributed by atoms with Gasteiger partial charge in [0.05, 0.1) is 6.54 Å². The number of carbonyl (C=O) groups excluding carboxylic acids is 1. The van der Waals surface area contributed by atoms with E-state index < -0.39 is 0 Å². The number of nitrogens with zero attached hydrogens (tertiary/aromatic N) is 3. The molecule has 2 heterocycles. The molecule has 0 spiro atoms. The summed E-state index contributed by atoms with van der Waals surface area (Å²) in [7, 11) is 0. The van der Waals surface area contributed by atoms with Gasteiger partial charge in [-0.1, -0.05) is 24.9 Å². The molecule has 1 saturated heterocycles. The normalized spacial score (nSPS) is 19.6. The van der Waals surface area contributed by atoms with Gasteiger partial charge in [-0.25, -0.2) is 9.97 Å². The Morgan fingerprint density at radius 3 is 2.94 bits per heavy atom. The molecule has 98 valence electrons. The number of rotatable bonds is 4. The number of aromatic nitrogens is 2. The molecule has 2 rings (SSSR count). The van der Waals surface area contributed by atoms with Crippen LogP contribution in [0.4, 0.5) is 0 Å². The second kappa shape index (κ2) is 5.65. The minimum Gasteiger partial charge on any atom is -0.335 e. The highest BCUT2D eigenvalue weighted by atomic mass is 35.5. The van der Waals surface area contributed by atoms with Crippen LogP contribution in [0.15, 0.2) is 6.07 Å². The summed E-state index contributed by atoms with van der Waals surface area (Å²) in [6.07, 6.45) is 2.89. The Kier molecular flexibility index (Phi) is 4.17. The average molecular weight is 268 g/mol. The number of carbonyl (C=O) groups is 1. The van der Waals surface area contributed by atoms with E-state index >= 15 is 0 Å². The molecule has 0 N–H and O–H groups in total. The summed E-state index contributed by atoms with van der Waals surface area (Å²) in [6.45, 7) is 5.32. The predicted molar refractivity (Wildman–Crippen MR) is 70.2 cm³/mol. The van der Waals surface area contributed by atoms with Crippen LogP contribution in [0.25, 0.3) is 0 Å². The van der Waals surface area contributed by atoms with E-state index in [0.29, 0.717) is 29.9 Å². The van der Waals surface area contributed by atoms with Crippen molar-refractivity contribution < 1.29 is 4.79 Å². The molecule has 1 unspecified atom stereocenters. The van der Waals surface area contributed by atoms with Crippen molar-refractivity contribution in [2.24, 2.45) is 5.92 Å². The third kappa shape index (κ3) is 3.19. The quantitative estimate of drug-likeness (QED) is 0.788. The van der Waals surface area contributed by atoms with Crippen molar-refractivity contribution >= 4 is 17.5 Å². The fourth-order valence-electron chi connectivity index (χ4n) is 2.44. The van der Waals surface area contributed by atoms with Gasteiger partial charge < -0.3 is 4.90 Å². The SMILES string of the molecule is CCCC1CC(=O)N(Cc2nc(C)cc(Cl)n2)C1. The highest BCUT2D eigenvalue weighted by Crippen LogP contribution is 2.23. The van der Waals surface area contributed by atoms with Crippen molar-refractivity contribution in [2.75, 3.05) is 6.54 Å². The summed E-state index contributed by atoms with van der Waals surface area (Å²) in [4.78, 5) is 22.2. The lowest BCUT2D eigenvalue weighted by Gasteiger charge is -2.15. The van der Waals surface area contributed by atoms with Crippen LogP contribution in [0, 0.1) is 12.8 Å². The number of hydrogen-bond donors (Lipinski definition) is 0. The maximum absolute atomic E-state index is 11.9. The molecule has 1 aliphatic rings. The van der Waals surface area contributed by atoms with Crippen LogP contribution in [-0.4, -0.2) is 27.3 Å². The molecule has 0 bridgehead atoms. The molecule has 1 fully saturated rings. The zero-order chi connectivity index (χ0) is 13.1. The molecule has 1 atom stereocenters. The standard InChI is InChI=1S/C13H18ClN3O/c1-3-4-10-6-13(18)17(7-10)8-12-15-9(2)5-11(14)16-12/h5,10H,3-4,6-8H2,1-2H3. The first-order valence-corrected chi connectivity index (χ1v) is 6.74. The lowest BCUT2D eigenvalue weighted by Crippen LogP contribution is -2.25. The summed E-state index contributed by atoms with van der Waals surface area (Å²) in [5, 5.41) is 0.439. The lowest BCUT2D eigenvalue weighted by atomic mass is 10.0. The first-order chi connectivity index (χ1) is 8.58. The molecule has 1 aliphatic heterocycles. The van der Waals surface area contributed by atoms with Crippen LogP contribution in [0.2, 0.25) is 5.15 Å². The van der Waals surface area contributed by atoms with Crippen LogP contribution in [0.5, 0.6) is 0 Å². The summed E-state index contributed by atoms with van der Waals surface area (Å²) < 4.78 is 0. The van der Waals surface area contributed by atoms with Crippen molar-refractivity contribution in [2.45, 2.75) is 39.7 Å². The van der Waals surface area contributed by atoms with Gasteiger partial charge in [0.1, 0.15) is 11.0 Å². The predicted octanol–water partition coefficient (Wildman–Crippen LogP) is 2.59. The van der Waals surface area contributed by atoms with Gasteiger partial charge in [0, 0.05) is 18.7 Å². The molecule has 5 heteroatoms. The van der Waals surface area contributed by atoms with Crippen molar-refractivity contribution in [1.29, 1.82) is 0 Å². The number of amides is 1. The highest BCUT2D eigenvalue weighted by molar-refractivity contribution is 6.29. The van der Waals surface area contributed by atoms with Gasteiger partial charge in [-0.05, 0) is 25.3 Å². The van der Waals surface area contributed by atoms with E-state index in [-0.39, 0.29) is 5.91 Å². The fourth-order valence-corrected chi connectivity index (χ4v) is 2.69. The first kappa shape index (κ1) is 13.3. The summed E-state index contributed by atoms with van der Waals surface area (Å²) in [5.41, 5.74) is 0.835. The van der Waals surface area contributed by atoms with E-state index in [2.05, 4.69) is 16.9 Å². The Morgan fingerprint density at radius 2 is 2.28 bits per heavy atom. The topological polar surface area (TPSA) is 46.1 Å². The first-order valence-electron chi connectivity index (χ1n) is 6.36. The highest BCUT2D eigenvalue weighted by Gasteiger charge is 2.29. The van der Waals surface area contributed by atoms with Crippen molar-refractivity contribution in [3.8, 4) is 0 Å². The second-order valence-corrected chi connectivity index (χ2v) is 5.27.